The fraction of sp³-hybridized carbons (Fsp3) is 0.667. The maximum atomic E-state index is 13.1. The second-order valence-corrected chi connectivity index (χ2v) is 9.95. The molecular weight excluding hydrogens is 348 g/mol. The minimum atomic E-state index is -0.495. The van der Waals surface area contributed by atoms with Crippen molar-refractivity contribution in [3.8, 4) is 0 Å². The Labute approximate surface area is 160 Å². The van der Waals surface area contributed by atoms with Crippen LogP contribution in [-0.4, -0.2) is 38.2 Å². The van der Waals surface area contributed by atoms with Crippen molar-refractivity contribution in [3.05, 3.63) is 34.9 Å². The molecule has 0 radical (unpaired) electrons. The number of amides is 1. The van der Waals surface area contributed by atoms with Gasteiger partial charge in [0.2, 0.25) is 0 Å². The van der Waals surface area contributed by atoms with Gasteiger partial charge in [0.05, 0.1) is 11.6 Å². The third-order valence-corrected chi connectivity index (χ3v) is 7.76. The van der Waals surface area contributed by atoms with Crippen molar-refractivity contribution < 1.29 is 9.90 Å². The molecule has 0 spiro atoms. The van der Waals surface area contributed by atoms with Crippen LogP contribution in [0.5, 0.6) is 0 Å². The van der Waals surface area contributed by atoms with Gasteiger partial charge in [-0.05, 0) is 75.3 Å². The van der Waals surface area contributed by atoms with Gasteiger partial charge in [0.15, 0.2) is 0 Å². The van der Waals surface area contributed by atoms with Crippen molar-refractivity contribution >= 4 is 17.5 Å². The number of rotatable bonds is 3. The first-order valence-electron chi connectivity index (χ1n) is 9.85. The summed E-state index contributed by atoms with van der Waals surface area (Å²) in [6.45, 7) is 4.67. The van der Waals surface area contributed by atoms with E-state index < -0.39 is 11.1 Å². The van der Waals surface area contributed by atoms with Gasteiger partial charge in [-0.3, -0.25) is 9.80 Å². The summed E-state index contributed by atoms with van der Waals surface area (Å²) in [4.78, 5) is 13.1. The number of hydrogen-bond acceptors (Lipinski definition) is 3. The van der Waals surface area contributed by atoms with E-state index in [1.807, 2.05) is 43.1 Å². The quantitative estimate of drug-likeness (QED) is 0.878. The molecule has 0 aromatic heterocycles. The molecule has 1 N–H and O–H groups in total. The number of aliphatic hydroxyl groups is 1. The average Bonchev–Trinajstić information content (AvgIpc) is 2.56. The SMILES string of the molecule is CC1(C)C(=O)N(C2C3CC4CC2CC(O)(C4)C3)N1Cc1ccccc1Cl. The standard InChI is InChI=1S/C21H27ClN2O2/c1-20(2)19(25)24(23(20)12-14-5-3-4-6-17(14)22)18-15-7-13-8-16(18)11-21(26,9-13)10-15/h3-6,13,15-16,18,26H,7-12H2,1-2H3. The van der Waals surface area contributed by atoms with Crippen LogP contribution in [0.1, 0.15) is 51.5 Å². The zero-order chi connectivity index (χ0) is 18.3. The van der Waals surface area contributed by atoms with Gasteiger partial charge in [-0.1, -0.05) is 29.8 Å². The van der Waals surface area contributed by atoms with Gasteiger partial charge < -0.3 is 5.11 Å². The van der Waals surface area contributed by atoms with Crippen LogP contribution in [0.25, 0.3) is 0 Å². The second kappa shape index (κ2) is 5.46. The highest BCUT2D eigenvalue weighted by atomic mass is 35.5. The van der Waals surface area contributed by atoms with Gasteiger partial charge in [0, 0.05) is 11.6 Å². The first-order valence-corrected chi connectivity index (χ1v) is 10.2. The van der Waals surface area contributed by atoms with Crippen LogP contribution >= 0.6 is 11.6 Å². The van der Waals surface area contributed by atoms with E-state index in [1.54, 1.807) is 0 Å². The molecule has 5 aliphatic rings. The fourth-order valence-electron chi connectivity index (χ4n) is 6.44. The van der Waals surface area contributed by atoms with Gasteiger partial charge in [0.1, 0.15) is 5.54 Å². The van der Waals surface area contributed by atoms with Crippen LogP contribution in [0.2, 0.25) is 5.02 Å². The van der Waals surface area contributed by atoms with Crippen LogP contribution in [0.15, 0.2) is 24.3 Å². The van der Waals surface area contributed by atoms with Crippen LogP contribution in [0, 0.1) is 17.8 Å². The number of hydrogen-bond donors (Lipinski definition) is 1. The van der Waals surface area contributed by atoms with Gasteiger partial charge in [-0.25, -0.2) is 0 Å². The van der Waals surface area contributed by atoms with Crippen LogP contribution < -0.4 is 0 Å². The normalized spacial score (nSPS) is 40.8. The molecule has 4 nitrogen and oxygen atoms in total. The fourth-order valence-corrected chi connectivity index (χ4v) is 6.63. The topological polar surface area (TPSA) is 43.8 Å². The van der Waals surface area contributed by atoms with Crippen molar-refractivity contribution in [3.63, 3.8) is 0 Å². The summed E-state index contributed by atoms with van der Waals surface area (Å²) in [7, 11) is 0. The van der Waals surface area contributed by atoms with Crippen molar-refractivity contribution in [2.45, 2.75) is 69.7 Å². The van der Waals surface area contributed by atoms with Gasteiger partial charge in [-0.15, -0.1) is 0 Å². The monoisotopic (exact) mass is 374 g/mol. The Morgan fingerprint density at radius 3 is 2.42 bits per heavy atom. The summed E-state index contributed by atoms with van der Waals surface area (Å²) in [5.41, 5.74) is 0.0940. The summed E-state index contributed by atoms with van der Waals surface area (Å²) in [6, 6.07) is 8.13. The molecular formula is C21H27ClN2O2. The van der Waals surface area contributed by atoms with Crippen LogP contribution in [0.3, 0.4) is 0 Å². The molecule has 1 saturated heterocycles. The van der Waals surface area contributed by atoms with E-state index in [-0.39, 0.29) is 11.9 Å². The van der Waals surface area contributed by atoms with Crippen molar-refractivity contribution in [1.82, 2.24) is 10.0 Å². The predicted octanol–water partition coefficient (Wildman–Crippen LogP) is 3.62. The second-order valence-electron chi connectivity index (χ2n) is 9.54. The Morgan fingerprint density at radius 2 is 1.81 bits per heavy atom. The maximum absolute atomic E-state index is 13.1. The Balaban J connectivity index is 1.44. The lowest BCUT2D eigenvalue weighted by Crippen LogP contribution is -2.79. The Bertz CT molecular complexity index is 748. The Morgan fingerprint density at radius 1 is 1.15 bits per heavy atom. The van der Waals surface area contributed by atoms with E-state index >= 15 is 0 Å². The predicted molar refractivity (Wildman–Crippen MR) is 100 cm³/mol. The van der Waals surface area contributed by atoms with E-state index in [2.05, 4.69) is 5.01 Å². The molecule has 2 unspecified atom stereocenters. The van der Waals surface area contributed by atoms with Gasteiger partial charge >= 0.3 is 0 Å². The molecule has 5 fully saturated rings. The average molecular weight is 375 g/mol. The molecule has 1 aliphatic heterocycles. The Hall–Kier alpha value is -1.10. The van der Waals surface area contributed by atoms with Crippen LogP contribution in [0.4, 0.5) is 0 Å². The van der Waals surface area contributed by atoms with Crippen molar-refractivity contribution in [1.29, 1.82) is 0 Å². The third kappa shape index (κ3) is 2.31. The van der Waals surface area contributed by atoms with E-state index in [0.717, 1.165) is 42.7 Å². The zero-order valence-electron chi connectivity index (χ0n) is 15.5. The third-order valence-electron chi connectivity index (χ3n) is 7.39. The lowest BCUT2D eigenvalue weighted by Gasteiger charge is -2.66. The maximum Gasteiger partial charge on any atom is 0.258 e. The van der Waals surface area contributed by atoms with Crippen molar-refractivity contribution in [2.24, 2.45) is 17.8 Å². The minimum Gasteiger partial charge on any atom is -0.390 e. The van der Waals surface area contributed by atoms with Gasteiger partial charge in [0.25, 0.3) is 5.91 Å². The van der Waals surface area contributed by atoms with E-state index in [9.17, 15) is 9.90 Å². The molecule has 4 aliphatic carbocycles. The lowest BCUT2D eigenvalue weighted by molar-refractivity contribution is -0.262. The first kappa shape index (κ1) is 17.0. The molecule has 1 amide bonds. The number of carbonyl (C=O) groups is 1. The van der Waals surface area contributed by atoms with Crippen LogP contribution in [-0.2, 0) is 11.3 Å². The highest BCUT2D eigenvalue weighted by Crippen LogP contribution is 2.58. The highest BCUT2D eigenvalue weighted by molar-refractivity contribution is 6.31. The highest BCUT2D eigenvalue weighted by Gasteiger charge is 2.63. The molecule has 4 saturated carbocycles. The summed E-state index contributed by atoms with van der Waals surface area (Å²) in [5.74, 6) is 1.73. The number of nitrogens with zero attached hydrogens (tertiary/aromatic N) is 2. The van der Waals surface area contributed by atoms with E-state index in [0.29, 0.717) is 24.3 Å². The zero-order valence-corrected chi connectivity index (χ0v) is 16.2. The molecule has 140 valence electrons. The number of carbonyl (C=O) groups excluding carboxylic acids is 1. The molecule has 6 rings (SSSR count). The van der Waals surface area contributed by atoms with Crippen molar-refractivity contribution in [2.75, 3.05) is 0 Å². The largest absolute Gasteiger partial charge is 0.390 e. The molecule has 26 heavy (non-hydrogen) atoms. The number of halogens is 1. The summed E-state index contributed by atoms with van der Waals surface area (Å²) >= 11 is 6.39. The first-order chi connectivity index (χ1) is 12.3. The smallest absolute Gasteiger partial charge is 0.258 e. The summed E-state index contributed by atoms with van der Waals surface area (Å²) in [6.07, 6.45) is 5.00. The Kier molecular flexibility index (Phi) is 3.58. The molecule has 1 aromatic rings. The van der Waals surface area contributed by atoms with E-state index in [1.165, 1.54) is 0 Å². The van der Waals surface area contributed by atoms with Gasteiger partial charge in [-0.2, -0.15) is 5.01 Å². The molecule has 1 heterocycles. The molecule has 2 atom stereocenters. The molecule has 1 aromatic carbocycles. The van der Waals surface area contributed by atoms with E-state index in [4.69, 9.17) is 11.6 Å². The summed E-state index contributed by atoms with van der Waals surface area (Å²) in [5, 5.41) is 15.9. The minimum absolute atomic E-state index is 0.217. The number of benzene rings is 1. The molecule has 4 bridgehead atoms. The lowest BCUT2D eigenvalue weighted by atomic mass is 9.52. The molecule has 5 heteroatoms. The summed E-state index contributed by atoms with van der Waals surface area (Å²) < 4.78 is 0. The number of hydrazine groups is 1.